The fourth-order valence-electron chi connectivity index (χ4n) is 1.86. The molecule has 3 heteroatoms. The van der Waals surface area contributed by atoms with Crippen LogP contribution in [-0.4, -0.2) is 24.0 Å². The Balaban J connectivity index is 2.48. The molecule has 1 aromatic heterocycles. The Morgan fingerprint density at radius 2 is 2.11 bits per heavy atom. The standard InChI is InChI=1S/C15H26N2S/c1-5-9-17(10-6-2)12-15-8-7-14(18-15)11-16-13(3)4/h5,7-8,13,16H,1,6,9-12H2,2-4H3. The van der Waals surface area contributed by atoms with Crippen molar-refractivity contribution in [2.24, 2.45) is 0 Å². The molecule has 2 nitrogen and oxygen atoms in total. The summed E-state index contributed by atoms with van der Waals surface area (Å²) in [6.07, 6.45) is 3.19. The van der Waals surface area contributed by atoms with Crippen LogP contribution in [0.2, 0.25) is 0 Å². The molecular weight excluding hydrogens is 240 g/mol. The molecule has 0 aliphatic heterocycles. The van der Waals surface area contributed by atoms with Crippen LogP contribution in [0.25, 0.3) is 0 Å². The summed E-state index contributed by atoms with van der Waals surface area (Å²) in [5, 5.41) is 3.46. The van der Waals surface area contributed by atoms with Gasteiger partial charge < -0.3 is 5.32 Å². The van der Waals surface area contributed by atoms with Crippen LogP contribution in [0.1, 0.15) is 36.9 Å². The van der Waals surface area contributed by atoms with Crippen molar-refractivity contribution in [1.29, 1.82) is 0 Å². The number of rotatable bonds is 9. The van der Waals surface area contributed by atoms with Crippen molar-refractivity contribution in [1.82, 2.24) is 10.2 Å². The largest absolute Gasteiger partial charge is 0.310 e. The maximum absolute atomic E-state index is 3.83. The molecule has 1 N–H and O–H groups in total. The molecule has 0 atom stereocenters. The molecule has 0 bridgehead atoms. The van der Waals surface area contributed by atoms with E-state index in [2.05, 4.69) is 49.7 Å². The van der Waals surface area contributed by atoms with Crippen LogP contribution in [0, 0.1) is 0 Å². The van der Waals surface area contributed by atoms with Crippen molar-refractivity contribution < 1.29 is 0 Å². The van der Waals surface area contributed by atoms with Gasteiger partial charge in [0.2, 0.25) is 0 Å². The van der Waals surface area contributed by atoms with Crippen molar-refractivity contribution in [3.05, 3.63) is 34.5 Å². The van der Waals surface area contributed by atoms with E-state index in [-0.39, 0.29) is 0 Å². The monoisotopic (exact) mass is 266 g/mol. The minimum atomic E-state index is 0.549. The molecule has 0 saturated heterocycles. The Bertz CT molecular complexity index is 344. The summed E-state index contributed by atoms with van der Waals surface area (Å²) in [5.41, 5.74) is 0. The lowest BCUT2D eigenvalue weighted by atomic mass is 10.3. The lowest BCUT2D eigenvalue weighted by molar-refractivity contribution is 0.298. The first-order valence-electron chi connectivity index (χ1n) is 6.80. The van der Waals surface area contributed by atoms with Crippen LogP contribution >= 0.6 is 11.3 Å². The third-order valence-corrected chi connectivity index (χ3v) is 3.78. The molecule has 0 radical (unpaired) electrons. The molecule has 1 heterocycles. The van der Waals surface area contributed by atoms with E-state index in [1.165, 1.54) is 16.2 Å². The number of hydrogen-bond acceptors (Lipinski definition) is 3. The molecule has 18 heavy (non-hydrogen) atoms. The second kappa shape index (κ2) is 8.46. The van der Waals surface area contributed by atoms with Gasteiger partial charge in [-0.05, 0) is 25.1 Å². The summed E-state index contributed by atoms with van der Waals surface area (Å²) in [4.78, 5) is 5.32. The Morgan fingerprint density at radius 1 is 1.39 bits per heavy atom. The number of hydrogen-bond donors (Lipinski definition) is 1. The zero-order valence-electron chi connectivity index (χ0n) is 11.9. The van der Waals surface area contributed by atoms with Gasteiger partial charge in [0.25, 0.3) is 0 Å². The normalized spacial score (nSPS) is 11.4. The van der Waals surface area contributed by atoms with E-state index >= 15 is 0 Å². The summed E-state index contributed by atoms with van der Waals surface area (Å²) in [5.74, 6) is 0. The fourth-order valence-corrected chi connectivity index (χ4v) is 2.87. The zero-order valence-corrected chi connectivity index (χ0v) is 12.7. The van der Waals surface area contributed by atoms with Gasteiger partial charge in [0.15, 0.2) is 0 Å². The average Bonchev–Trinajstić information content (AvgIpc) is 2.75. The van der Waals surface area contributed by atoms with Crippen molar-refractivity contribution in [3.63, 3.8) is 0 Å². The van der Waals surface area contributed by atoms with Gasteiger partial charge in [0.05, 0.1) is 0 Å². The quantitative estimate of drug-likeness (QED) is 0.686. The highest BCUT2D eigenvalue weighted by molar-refractivity contribution is 7.11. The summed E-state index contributed by atoms with van der Waals surface area (Å²) < 4.78 is 0. The predicted molar refractivity (Wildman–Crippen MR) is 82.1 cm³/mol. The molecule has 0 saturated carbocycles. The fraction of sp³-hybridized carbons (Fsp3) is 0.600. The van der Waals surface area contributed by atoms with Crippen LogP contribution in [0.5, 0.6) is 0 Å². The van der Waals surface area contributed by atoms with Gasteiger partial charge in [-0.25, -0.2) is 0 Å². The first-order valence-corrected chi connectivity index (χ1v) is 7.61. The van der Waals surface area contributed by atoms with E-state index in [9.17, 15) is 0 Å². The lowest BCUT2D eigenvalue weighted by Crippen LogP contribution is -2.23. The van der Waals surface area contributed by atoms with E-state index in [0.717, 1.165) is 26.2 Å². The maximum Gasteiger partial charge on any atom is 0.0331 e. The predicted octanol–water partition coefficient (Wildman–Crippen LogP) is 3.64. The van der Waals surface area contributed by atoms with Crippen LogP contribution in [0.3, 0.4) is 0 Å². The topological polar surface area (TPSA) is 15.3 Å². The average molecular weight is 266 g/mol. The second-order valence-corrected chi connectivity index (χ2v) is 6.18. The molecule has 0 fully saturated rings. The summed E-state index contributed by atoms with van der Waals surface area (Å²) >= 11 is 1.92. The smallest absolute Gasteiger partial charge is 0.0331 e. The molecule has 1 aromatic rings. The maximum atomic E-state index is 3.83. The van der Waals surface area contributed by atoms with E-state index in [0.29, 0.717) is 6.04 Å². The Labute approximate surface area is 116 Å². The third kappa shape index (κ3) is 5.80. The highest BCUT2D eigenvalue weighted by Gasteiger charge is 2.06. The van der Waals surface area contributed by atoms with Gasteiger partial charge in [-0.1, -0.05) is 26.8 Å². The molecule has 0 spiro atoms. The summed E-state index contributed by atoms with van der Waals surface area (Å²) in [7, 11) is 0. The van der Waals surface area contributed by atoms with E-state index in [1.807, 2.05) is 17.4 Å². The number of nitrogens with one attached hydrogen (secondary N) is 1. The lowest BCUT2D eigenvalue weighted by Gasteiger charge is -2.18. The zero-order chi connectivity index (χ0) is 13.4. The van der Waals surface area contributed by atoms with E-state index in [1.54, 1.807) is 0 Å². The molecule has 0 unspecified atom stereocenters. The third-order valence-electron chi connectivity index (χ3n) is 2.71. The minimum absolute atomic E-state index is 0.549. The molecule has 1 rings (SSSR count). The number of thiophene rings is 1. The molecule has 0 aromatic carbocycles. The highest BCUT2D eigenvalue weighted by atomic mass is 32.1. The number of nitrogens with zero attached hydrogens (tertiary/aromatic N) is 1. The van der Waals surface area contributed by atoms with Crippen molar-refractivity contribution in [2.75, 3.05) is 13.1 Å². The van der Waals surface area contributed by atoms with Crippen molar-refractivity contribution >= 4 is 11.3 Å². The van der Waals surface area contributed by atoms with Crippen LogP contribution < -0.4 is 5.32 Å². The van der Waals surface area contributed by atoms with Crippen LogP contribution in [-0.2, 0) is 13.1 Å². The van der Waals surface area contributed by atoms with E-state index in [4.69, 9.17) is 0 Å². The second-order valence-electron chi connectivity index (χ2n) is 4.93. The minimum Gasteiger partial charge on any atom is -0.310 e. The Hall–Kier alpha value is -0.640. The van der Waals surface area contributed by atoms with Gasteiger partial charge >= 0.3 is 0 Å². The first-order chi connectivity index (χ1) is 8.65. The molecule has 0 amide bonds. The summed E-state index contributed by atoms with van der Waals surface area (Å²) in [6.45, 7) is 14.6. The molecule has 102 valence electrons. The molecule has 0 aliphatic rings. The Morgan fingerprint density at radius 3 is 2.72 bits per heavy atom. The van der Waals surface area contributed by atoms with Gasteiger partial charge in [-0.3, -0.25) is 4.90 Å². The van der Waals surface area contributed by atoms with Crippen LogP contribution in [0.15, 0.2) is 24.8 Å². The molecule has 0 aliphatic carbocycles. The van der Waals surface area contributed by atoms with Gasteiger partial charge in [-0.15, -0.1) is 17.9 Å². The van der Waals surface area contributed by atoms with Crippen LogP contribution in [0.4, 0.5) is 0 Å². The SMILES string of the molecule is C=CCN(CCC)Cc1ccc(CNC(C)C)s1. The van der Waals surface area contributed by atoms with E-state index < -0.39 is 0 Å². The van der Waals surface area contributed by atoms with Gasteiger partial charge in [-0.2, -0.15) is 0 Å². The van der Waals surface area contributed by atoms with Gasteiger partial charge in [0, 0.05) is 35.4 Å². The van der Waals surface area contributed by atoms with Crippen molar-refractivity contribution in [3.8, 4) is 0 Å². The van der Waals surface area contributed by atoms with Crippen molar-refractivity contribution in [2.45, 2.75) is 46.3 Å². The first kappa shape index (κ1) is 15.4. The summed E-state index contributed by atoms with van der Waals surface area (Å²) in [6, 6.07) is 5.05. The Kier molecular flexibility index (Phi) is 7.25. The van der Waals surface area contributed by atoms with Gasteiger partial charge in [0.1, 0.15) is 0 Å². The highest BCUT2D eigenvalue weighted by Crippen LogP contribution is 2.18. The molecular formula is C15H26N2S.